The first kappa shape index (κ1) is 16.7. The second kappa shape index (κ2) is 7.04. The number of benzene rings is 1. The smallest absolute Gasteiger partial charge is 0.408 e. The zero-order valence-corrected chi connectivity index (χ0v) is 12.9. The Morgan fingerprint density at radius 3 is 2.30 bits per heavy atom. The fourth-order valence-corrected chi connectivity index (χ4v) is 2.52. The van der Waals surface area contributed by atoms with Gasteiger partial charge in [-0.2, -0.15) is 0 Å². The molecule has 0 unspecified atom stereocenters. The summed E-state index contributed by atoms with van der Waals surface area (Å²) in [5.74, 6) is -2.12. The molecule has 1 heterocycles. The second-order valence-corrected chi connectivity index (χ2v) is 5.42. The van der Waals surface area contributed by atoms with Gasteiger partial charge in [-0.3, -0.25) is 14.4 Å². The quantitative estimate of drug-likeness (QED) is 0.590. The van der Waals surface area contributed by atoms with Gasteiger partial charge in [0, 0.05) is 0 Å². The number of ether oxygens (including phenoxy) is 1. The average molecular weight is 318 g/mol. The van der Waals surface area contributed by atoms with Gasteiger partial charge >= 0.3 is 6.09 Å². The summed E-state index contributed by atoms with van der Waals surface area (Å²) in [6.07, 6.45) is -0.774. The van der Waals surface area contributed by atoms with E-state index in [9.17, 15) is 19.2 Å². The van der Waals surface area contributed by atoms with Gasteiger partial charge in [-0.1, -0.05) is 30.3 Å². The molecule has 23 heavy (non-hydrogen) atoms. The number of β-lactam (4-membered cyclic amide) rings is 1. The third-order valence-electron chi connectivity index (χ3n) is 3.67. The van der Waals surface area contributed by atoms with Crippen LogP contribution < -0.4 is 10.6 Å². The minimum absolute atomic E-state index is 0.0640. The SMILES string of the molecule is CC(=O)C(C(C)=O)[C@H]1NC(=O)[C@@H]1NC(=O)OCc1ccccc1. The number of rotatable bonds is 6. The Bertz CT molecular complexity index is 615. The van der Waals surface area contributed by atoms with Gasteiger partial charge in [0.25, 0.3) is 0 Å². The van der Waals surface area contributed by atoms with Gasteiger partial charge in [0.15, 0.2) is 0 Å². The van der Waals surface area contributed by atoms with Crippen molar-refractivity contribution in [1.82, 2.24) is 10.6 Å². The molecular formula is C16H18N2O5. The molecule has 2 atom stereocenters. The van der Waals surface area contributed by atoms with E-state index in [2.05, 4.69) is 10.6 Å². The molecule has 0 aromatic heterocycles. The number of carbonyl (C=O) groups excluding carboxylic acids is 4. The number of amides is 2. The predicted octanol–water partition coefficient (Wildman–Crippen LogP) is 0.574. The lowest BCUT2D eigenvalue weighted by atomic mass is 9.82. The fraction of sp³-hybridized carbons (Fsp3) is 0.375. The zero-order chi connectivity index (χ0) is 17.0. The van der Waals surface area contributed by atoms with E-state index in [0.29, 0.717) is 0 Å². The van der Waals surface area contributed by atoms with Crippen molar-refractivity contribution in [3.05, 3.63) is 35.9 Å². The highest BCUT2D eigenvalue weighted by atomic mass is 16.5. The third-order valence-corrected chi connectivity index (χ3v) is 3.67. The molecule has 2 amide bonds. The van der Waals surface area contributed by atoms with Crippen molar-refractivity contribution in [2.24, 2.45) is 5.92 Å². The van der Waals surface area contributed by atoms with Crippen LogP contribution >= 0.6 is 0 Å². The van der Waals surface area contributed by atoms with Crippen molar-refractivity contribution >= 4 is 23.6 Å². The topological polar surface area (TPSA) is 102 Å². The highest BCUT2D eigenvalue weighted by Crippen LogP contribution is 2.18. The second-order valence-electron chi connectivity index (χ2n) is 5.42. The van der Waals surface area contributed by atoms with Crippen molar-refractivity contribution in [2.75, 3.05) is 0 Å². The number of alkyl carbamates (subject to hydrolysis) is 1. The molecule has 1 aliphatic rings. The van der Waals surface area contributed by atoms with Crippen LogP contribution in [0.5, 0.6) is 0 Å². The average Bonchev–Trinajstić information content (AvgIpc) is 2.50. The van der Waals surface area contributed by atoms with Gasteiger partial charge in [-0.25, -0.2) is 4.79 Å². The van der Waals surface area contributed by atoms with Gasteiger partial charge in [0.2, 0.25) is 5.91 Å². The molecule has 1 aromatic rings. The summed E-state index contributed by atoms with van der Waals surface area (Å²) in [7, 11) is 0. The summed E-state index contributed by atoms with van der Waals surface area (Å²) >= 11 is 0. The number of hydrogen-bond acceptors (Lipinski definition) is 5. The molecule has 0 aliphatic carbocycles. The van der Waals surface area contributed by atoms with E-state index in [1.54, 1.807) is 12.1 Å². The lowest BCUT2D eigenvalue weighted by Gasteiger charge is -2.39. The molecule has 7 nitrogen and oxygen atoms in total. The van der Waals surface area contributed by atoms with Crippen LogP contribution in [0.15, 0.2) is 30.3 Å². The third kappa shape index (κ3) is 3.94. The highest BCUT2D eigenvalue weighted by molar-refractivity contribution is 6.05. The first-order valence-electron chi connectivity index (χ1n) is 7.18. The molecule has 1 fully saturated rings. The van der Waals surface area contributed by atoms with Crippen LogP contribution in [-0.2, 0) is 25.7 Å². The van der Waals surface area contributed by atoms with Gasteiger partial charge in [0.05, 0.1) is 12.0 Å². The van der Waals surface area contributed by atoms with Crippen molar-refractivity contribution in [2.45, 2.75) is 32.5 Å². The van der Waals surface area contributed by atoms with Crippen molar-refractivity contribution in [1.29, 1.82) is 0 Å². The molecular weight excluding hydrogens is 300 g/mol. The Labute approximate surface area is 133 Å². The number of carbonyl (C=O) groups is 4. The molecule has 122 valence electrons. The minimum atomic E-state index is -0.966. The van der Waals surface area contributed by atoms with E-state index in [-0.39, 0.29) is 18.2 Å². The van der Waals surface area contributed by atoms with Crippen molar-refractivity contribution in [3.8, 4) is 0 Å². The minimum Gasteiger partial charge on any atom is -0.445 e. The summed E-state index contributed by atoms with van der Waals surface area (Å²) < 4.78 is 5.03. The van der Waals surface area contributed by atoms with E-state index in [1.807, 2.05) is 18.2 Å². The molecule has 0 spiro atoms. The first-order valence-corrected chi connectivity index (χ1v) is 7.18. The Balaban J connectivity index is 1.92. The summed E-state index contributed by atoms with van der Waals surface area (Å²) in [6.45, 7) is 2.62. The van der Waals surface area contributed by atoms with Gasteiger partial charge < -0.3 is 15.4 Å². The molecule has 1 saturated heterocycles. The van der Waals surface area contributed by atoms with E-state index in [1.165, 1.54) is 13.8 Å². The zero-order valence-electron chi connectivity index (χ0n) is 12.9. The van der Waals surface area contributed by atoms with Crippen LogP contribution in [0.2, 0.25) is 0 Å². The Morgan fingerprint density at radius 2 is 1.78 bits per heavy atom. The standard InChI is InChI=1S/C16H18N2O5/c1-9(19)12(10(2)20)13-14(15(21)17-13)18-16(22)23-8-11-6-4-3-5-7-11/h3-7,12-14H,8H2,1-2H3,(H,17,21)(H,18,22)/t13-,14-/m1/s1. The van der Waals surface area contributed by atoms with E-state index >= 15 is 0 Å². The van der Waals surface area contributed by atoms with Gasteiger partial charge in [-0.15, -0.1) is 0 Å². The van der Waals surface area contributed by atoms with Crippen LogP contribution in [0.3, 0.4) is 0 Å². The Hall–Kier alpha value is -2.70. The van der Waals surface area contributed by atoms with Crippen LogP contribution in [-0.4, -0.2) is 35.7 Å². The predicted molar refractivity (Wildman–Crippen MR) is 80.3 cm³/mol. The largest absolute Gasteiger partial charge is 0.445 e. The number of hydrogen-bond donors (Lipinski definition) is 2. The lowest BCUT2D eigenvalue weighted by molar-refractivity contribution is -0.139. The molecule has 2 N–H and O–H groups in total. The molecule has 0 bridgehead atoms. The Kier molecular flexibility index (Phi) is 5.10. The lowest BCUT2D eigenvalue weighted by Crippen LogP contribution is -2.73. The number of ketones is 2. The summed E-state index contributed by atoms with van der Waals surface area (Å²) in [5.41, 5.74) is 0.808. The van der Waals surface area contributed by atoms with Crippen LogP contribution in [0.25, 0.3) is 0 Å². The molecule has 7 heteroatoms. The van der Waals surface area contributed by atoms with Gasteiger partial charge in [-0.05, 0) is 19.4 Å². The van der Waals surface area contributed by atoms with Crippen molar-refractivity contribution < 1.29 is 23.9 Å². The maximum atomic E-state index is 11.8. The summed E-state index contributed by atoms with van der Waals surface area (Å²) in [5, 5.41) is 4.88. The van der Waals surface area contributed by atoms with Gasteiger partial charge in [0.1, 0.15) is 24.2 Å². The summed E-state index contributed by atoms with van der Waals surface area (Å²) in [6, 6.07) is 7.39. The molecule has 0 radical (unpaired) electrons. The maximum Gasteiger partial charge on any atom is 0.408 e. The first-order chi connectivity index (χ1) is 10.9. The molecule has 0 saturated carbocycles. The summed E-state index contributed by atoms with van der Waals surface area (Å²) in [4.78, 5) is 46.5. The van der Waals surface area contributed by atoms with E-state index in [4.69, 9.17) is 4.74 Å². The number of Topliss-reactive ketones (excluding diaryl/α,β-unsaturated/α-hetero) is 2. The maximum absolute atomic E-state index is 11.8. The van der Waals surface area contributed by atoms with E-state index in [0.717, 1.165) is 5.56 Å². The van der Waals surface area contributed by atoms with Crippen LogP contribution in [0, 0.1) is 5.92 Å². The molecule has 2 rings (SSSR count). The van der Waals surface area contributed by atoms with Crippen molar-refractivity contribution in [3.63, 3.8) is 0 Å². The molecule has 1 aliphatic heterocycles. The van der Waals surface area contributed by atoms with Crippen LogP contribution in [0.4, 0.5) is 4.79 Å². The Morgan fingerprint density at radius 1 is 1.17 bits per heavy atom. The normalized spacial score (nSPS) is 19.5. The van der Waals surface area contributed by atoms with E-state index < -0.39 is 30.0 Å². The monoisotopic (exact) mass is 318 g/mol. The molecule has 1 aromatic carbocycles. The van der Waals surface area contributed by atoms with Crippen LogP contribution in [0.1, 0.15) is 19.4 Å². The highest BCUT2D eigenvalue weighted by Gasteiger charge is 2.48. The number of nitrogens with one attached hydrogen (secondary N) is 2. The fourth-order valence-electron chi connectivity index (χ4n) is 2.52.